The van der Waals surface area contributed by atoms with Crippen LogP contribution in [0.15, 0.2) is 35.3 Å². The number of rotatable bonds is 9. The molecule has 3 N–H and O–H groups in total. The molecule has 0 unspecified atom stereocenters. The number of aliphatic imine (C=N–C) groups is 1. The third-order valence-electron chi connectivity index (χ3n) is 4.49. The summed E-state index contributed by atoms with van der Waals surface area (Å²) in [7, 11) is 1.70. The molecule has 0 heterocycles. The first-order valence-corrected chi connectivity index (χ1v) is 9.64. The maximum absolute atomic E-state index is 11.9. The van der Waals surface area contributed by atoms with Gasteiger partial charge in [-0.2, -0.15) is 0 Å². The normalized spacial score (nSPS) is 14.9. The minimum Gasteiger partial charge on any atom is -0.378 e. The average molecular weight is 488 g/mol. The van der Waals surface area contributed by atoms with E-state index in [1.807, 2.05) is 30.3 Å². The van der Waals surface area contributed by atoms with Gasteiger partial charge in [-0.25, -0.2) is 0 Å². The third-order valence-corrected chi connectivity index (χ3v) is 4.49. The van der Waals surface area contributed by atoms with Crippen LogP contribution in [0.2, 0.25) is 0 Å². The number of hydrogen-bond acceptors (Lipinski definition) is 3. The highest BCUT2D eigenvalue weighted by Gasteiger charge is 2.13. The molecule has 152 valence electrons. The molecule has 0 aliphatic heterocycles. The molecule has 1 aliphatic carbocycles. The van der Waals surface area contributed by atoms with Crippen molar-refractivity contribution in [3.8, 4) is 0 Å². The standard InChI is InChI=1S/C20H32N4O2.HI/c1-21-20(22-13-8-14-26-18-11-6-3-7-12-18)24-16-19(25)23-15-17-9-4-2-5-10-17;/h2,4-5,9-10,18H,3,6-8,11-16H2,1H3,(H,23,25)(H2,21,22,24);1H. The SMILES string of the molecule is CN=C(NCCCOC1CCCCC1)NCC(=O)NCc1ccccc1.I. The van der Waals surface area contributed by atoms with Gasteiger partial charge in [0.25, 0.3) is 0 Å². The lowest BCUT2D eigenvalue weighted by Gasteiger charge is -2.22. The van der Waals surface area contributed by atoms with Gasteiger partial charge in [0.05, 0.1) is 12.6 Å². The van der Waals surface area contributed by atoms with E-state index < -0.39 is 0 Å². The Hall–Kier alpha value is -1.35. The van der Waals surface area contributed by atoms with Crippen LogP contribution in [0.5, 0.6) is 0 Å². The molecule has 0 atom stereocenters. The fraction of sp³-hybridized carbons (Fsp3) is 0.600. The lowest BCUT2D eigenvalue weighted by atomic mass is 9.98. The summed E-state index contributed by atoms with van der Waals surface area (Å²) in [5.74, 6) is 0.579. The van der Waals surface area contributed by atoms with E-state index in [9.17, 15) is 4.79 Å². The summed E-state index contributed by atoms with van der Waals surface area (Å²) in [6, 6.07) is 9.86. The first kappa shape index (κ1) is 23.7. The second-order valence-corrected chi connectivity index (χ2v) is 6.60. The maximum Gasteiger partial charge on any atom is 0.239 e. The van der Waals surface area contributed by atoms with Gasteiger partial charge in [-0.15, -0.1) is 24.0 Å². The van der Waals surface area contributed by atoms with E-state index in [0.29, 0.717) is 18.6 Å². The van der Waals surface area contributed by atoms with Crippen molar-refractivity contribution in [1.29, 1.82) is 0 Å². The number of nitrogens with zero attached hydrogens (tertiary/aromatic N) is 1. The summed E-state index contributed by atoms with van der Waals surface area (Å²) in [6.07, 6.45) is 7.73. The fourth-order valence-electron chi connectivity index (χ4n) is 3.00. The number of hydrogen-bond donors (Lipinski definition) is 3. The predicted molar refractivity (Wildman–Crippen MR) is 121 cm³/mol. The van der Waals surface area contributed by atoms with Crippen molar-refractivity contribution in [1.82, 2.24) is 16.0 Å². The molecule has 0 spiro atoms. The molecule has 1 saturated carbocycles. The molecular formula is C20H33IN4O2. The van der Waals surface area contributed by atoms with Crippen LogP contribution in [-0.4, -0.2) is 44.7 Å². The Morgan fingerprint density at radius 3 is 2.56 bits per heavy atom. The van der Waals surface area contributed by atoms with Crippen molar-refractivity contribution >= 4 is 35.8 Å². The first-order valence-electron chi connectivity index (χ1n) is 9.64. The molecule has 1 fully saturated rings. The predicted octanol–water partition coefficient (Wildman–Crippen LogP) is 2.83. The Kier molecular flexibility index (Phi) is 12.9. The van der Waals surface area contributed by atoms with Crippen LogP contribution in [0.3, 0.4) is 0 Å². The van der Waals surface area contributed by atoms with Gasteiger partial charge in [0.2, 0.25) is 5.91 Å². The van der Waals surface area contributed by atoms with E-state index in [0.717, 1.165) is 25.1 Å². The number of halogens is 1. The van der Waals surface area contributed by atoms with Crippen LogP contribution < -0.4 is 16.0 Å². The van der Waals surface area contributed by atoms with E-state index in [2.05, 4.69) is 20.9 Å². The van der Waals surface area contributed by atoms with E-state index >= 15 is 0 Å². The van der Waals surface area contributed by atoms with Gasteiger partial charge in [-0.3, -0.25) is 9.79 Å². The highest BCUT2D eigenvalue weighted by atomic mass is 127. The van der Waals surface area contributed by atoms with E-state index in [1.165, 1.54) is 32.1 Å². The zero-order valence-corrected chi connectivity index (χ0v) is 18.5. The van der Waals surface area contributed by atoms with Crippen molar-refractivity contribution in [2.75, 3.05) is 26.7 Å². The number of carbonyl (C=O) groups excluding carboxylic acids is 1. The van der Waals surface area contributed by atoms with Gasteiger partial charge in [0.1, 0.15) is 0 Å². The van der Waals surface area contributed by atoms with Crippen LogP contribution in [-0.2, 0) is 16.1 Å². The summed E-state index contributed by atoms with van der Waals surface area (Å²) >= 11 is 0. The van der Waals surface area contributed by atoms with Crippen LogP contribution in [0.25, 0.3) is 0 Å². The van der Waals surface area contributed by atoms with Crippen LogP contribution in [0.4, 0.5) is 0 Å². The zero-order valence-electron chi connectivity index (χ0n) is 16.2. The largest absolute Gasteiger partial charge is 0.378 e. The van der Waals surface area contributed by atoms with Crippen LogP contribution in [0.1, 0.15) is 44.1 Å². The lowest BCUT2D eigenvalue weighted by molar-refractivity contribution is -0.120. The molecular weight excluding hydrogens is 455 g/mol. The van der Waals surface area contributed by atoms with E-state index in [-0.39, 0.29) is 36.4 Å². The summed E-state index contributed by atoms with van der Waals surface area (Å²) < 4.78 is 5.91. The third kappa shape index (κ3) is 10.5. The first-order chi connectivity index (χ1) is 12.8. The number of ether oxygens (including phenoxy) is 1. The molecule has 1 aromatic rings. The Balaban J connectivity index is 0.00000364. The molecule has 1 amide bonds. The summed E-state index contributed by atoms with van der Waals surface area (Å²) in [5.41, 5.74) is 1.08. The molecule has 0 radical (unpaired) electrons. The van der Waals surface area contributed by atoms with Gasteiger partial charge in [0, 0.05) is 26.7 Å². The van der Waals surface area contributed by atoms with Crippen molar-refractivity contribution < 1.29 is 9.53 Å². The number of benzene rings is 1. The van der Waals surface area contributed by atoms with E-state index in [1.54, 1.807) is 7.05 Å². The Bertz CT molecular complexity index is 548. The molecule has 1 aromatic carbocycles. The molecule has 0 bridgehead atoms. The van der Waals surface area contributed by atoms with Gasteiger partial charge in [-0.05, 0) is 24.8 Å². The molecule has 6 nitrogen and oxygen atoms in total. The minimum atomic E-state index is -0.0579. The van der Waals surface area contributed by atoms with Crippen LogP contribution >= 0.6 is 24.0 Å². The highest BCUT2D eigenvalue weighted by Crippen LogP contribution is 2.20. The quantitative estimate of drug-likeness (QED) is 0.216. The van der Waals surface area contributed by atoms with Crippen molar-refractivity contribution in [3.05, 3.63) is 35.9 Å². The van der Waals surface area contributed by atoms with E-state index in [4.69, 9.17) is 4.74 Å². The summed E-state index contributed by atoms with van der Waals surface area (Å²) in [6.45, 7) is 2.28. The number of guanidine groups is 1. The molecule has 0 aromatic heterocycles. The second-order valence-electron chi connectivity index (χ2n) is 6.60. The molecule has 27 heavy (non-hydrogen) atoms. The minimum absolute atomic E-state index is 0. The highest BCUT2D eigenvalue weighted by molar-refractivity contribution is 14.0. The zero-order chi connectivity index (χ0) is 18.5. The van der Waals surface area contributed by atoms with Crippen LogP contribution in [0, 0.1) is 0 Å². The Labute approximate surface area is 179 Å². The average Bonchev–Trinajstić information content (AvgIpc) is 2.70. The molecule has 2 rings (SSSR count). The lowest BCUT2D eigenvalue weighted by Crippen LogP contribution is -2.43. The summed E-state index contributed by atoms with van der Waals surface area (Å²) in [4.78, 5) is 16.1. The molecule has 0 saturated heterocycles. The Morgan fingerprint density at radius 2 is 1.85 bits per heavy atom. The van der Waals surface area contributed by atoms with Gasteiger partial charge in [0.15, 0.2) is 5.96 Å². The smallest absolute Gasteiger partial charge is 0.239 e. The maximum atomic E-state index is 11.9. The topological polar surface area (TPSA) is 74.8 Å². The molecule has 1 aliphatic rings. The Morgan fingerprint density at radius 1 is 1.11 bits per heavy atom. The fourth-order valence-corrected chi connectivity index (χ4v) is 3.00. The number of amides is 1. The van der Waals surface area contributed by atoms with Gasteiger partial charge >= 0.3 is 0 Å². The van der Waals surface area contributed by atoms with Crippen molar-refractivity contribution in [2.24, 2.45) is 4.99 Å². The monoisotopic (exact) mass is 488 g/mol. The molecule has 7 heteroatoms. The van der Waals surface area contributed by atoms with Crippen molar-refractivity contribution in [2.45, 2.75) is 51.2 Å². The summed E-state index contributed by atoms with van der Waals surface area (Å²) in [5, 5.41) is 9.13. The van der Waals surface area contributed by atoms with Crippen molar-refractivity contribution in [3.63, 3.8) is 0 Å². The second kappa shape index (κ2) is 14.7. The number of carbonyl (C=O) groups is 1. The van der Waals surface area contributed by atoms with Gasteiger partial charge < -0.3 is 20.7 Å². The number of nitrogens with one attached hydrogen (secondary N) is 3. The van der Waals surface area contributed by atoms with Gasteiger partial charge in [-0.1, -0.05) is 49.6 Å².